The maximum atomic E-state index is 11.8. The van der Waals surface area contributed by atoms with Gasteiger partial charge in [-0.25, -0.2) is 4.98 Å². The molecular weight excluding hydrogens is 210 g/mol. The lowest BCUT2D eigenvalue weighted by Gasteiger charge is -2.05. The molecule has 14 heavy (non-hydrogen) atoms. The lowest BCUT2D eigenvalue weighted by atomic mass is 10.3. The van der Waals surface area contributed by atoms with Crippen LogP contribution in [0.2, 0.25) is 0 Å². The van der Waals surface area contributed by atoms with Crippen LogP contribution >= 0.6 is 11.8 Å². The Morgan fingerprint density at radius 3 is 2.86 bits per heavy atom. The van der Waals surface area contributed by atoms with Crippen LogP contribution < -0.4 is 4.74 Å². The molecule has 3 nitrogen and oxygen atoms in total. The minimum Gasteiger partial charge on any atom is -0.417 e. The van der Waals surface area contributed by atoms with E-state index in [1.54, 1.807) is 6.26 Å². The van der Waals surface area contributed by atoms with Crippen LogP contribution in [0.15, 0.2) is 17.2 Å². The van der Waals surface area contributed by atoms with Crippen LogP contribution in [0.25, 0.3) is 0 Å². The summed E-state index contributed by atoms with van der Waals surface area (Å²) in [6.07, 6.45) is 2.95. The van der Waals surface area contributed by atoms with Gasteiger partial charge in [0, 0.05) is 17.2 Å². The fraction of sp³-hybridized carbons (Fsp3) is 0.250. The molecule has 1 aromatic heterocycles. The molecule has 0 spiro atoms. The standard InChI is InChI=1S/C8H6F2N2OS/c1-14-6-2-7(13-8(9)10)12-4-5(6)3-11/h2,4,8H,1H3. The van der Waals surface area contributed by atoms with Gasteiger partial charge in [-0.15, -0.1) is 11.8 Å². The van der Waals surface area contributed by atoms with E-state index in [0.717, 1.165) is 0 Å². The van der Waals surface area contributed by atoms with Crippen LogP contribution in [-0.4, -0.2) is 17.9 Å². The molecule has 0 saturated carbocycles. The highest BCUT2D eigenvalue weighted by atomic mass is 32.2. The third-order valence-electron chi connectivity index (χ3n) is 1.39. The zero-order chi connectivity index (χ0) is 10.6. The molecule has 0 N–H and O–H groups in total. The van der Waals surface area contributed by atoms with E-state index in [9.17, 15) is 8.78 Å². The van der Waals surface area contributed by atoms with Crippen molar-refractivity contribution in [3.05, 3.63) is 17.8 Å². The second-order valence-corrected chi connectivity index (χ2v) is 3.06. The van der Waals surface area contributed by atoms with E-state index in [2.05, 4.69) is 9.72 Å². The zero-order valence-corrected chi connectivity index (χ0v) is 8.02. The SMILES string of the molecule is CSc1cc(OC(F)F)ncc1C#N. The van der Waals surface area contributed by atoms with Gasteiger partial charge < -0.3 is 4.74 Å². The number of thioether (sulfide) groups is 1. The summed E-state index contributed by atoms with van der Waals surface area (Å²) in [6, 6.07) is 3.22. The first-order valence-corrected chi connectivity index (χ1v) is 4.78. The van der Waals surface area contributed by atoms with Crippen molar-refractivity contribution >= 4 is 11.8 Å². The Morgan fingerprint density at radius 1 is 1.64 bits per heavy atom. The molecule has 0 aliphatic heterocycles. The third-order valence-corrected chi connectivity index (χ3v) is 2.17. The zero-order valence-electron chi connectivity index (χ0n) is 7.20. The van der Waals surface area contributed by atoms with Crippen LogP contribution in [0.4, 0.5) is 8.78 Å². The first kappa shape index (κ1) is 10.7. The second-order valence-electron chi connectivity index (χ2n) is 2.21. The molecule has 0 aromatic carbocycles. The van der Waals surface area contributed by atoms with Crippen LogP contribution in [0, 0.1) is 11.3 Å². The predicted molar refractivity (Wildman–Crippen MR) is 47.4 cm³/mol. The molecule has 0 aliphatic carbocycles. The molecule has 0 atom stereocenters. The van der Waals surface area contributed by atoms with Gasteiger partial charge in [0.15, 0.2) is 0 Å². The Morgan fingerprint density at radius 2 is 2.36 bits per heavy atom. The Hall–Kier alpha value is -1.35. The summed E-state index contributed by atoms with van der Waals surface area (Å²) in [7, 11) is 0. The van der Waals surface area contributed by atoms with E-state index in [0.29, 0.717) is 10.5 Å². The van der Waals surface area contributed by atoms with Crippen LogP contribution in [0.3, 0.4) is 0 Å². The maximum Gasteiger partial charge on any atom is 0.388 e. The van der Waals surface area contributed by atoms with Crippen molar-refractivity contribution in [2.45, 2.75) is 11.5 Å². The van der Waals surface area contributed by atoms with Gasteiger partial charge in [-0.3, -0.25) is 0 Å². The normalized spacial score (nSPS) is 9.93. The Bertz CT molecular complexity index is 365. The van der Waals surface area contributed by atoms with Crippen LogP contribution in [-0.2, 0) is 0 Å². The molecule has 0 amide bonds. The summed E-state index contributed by atoms with van der Waals surface area (Å²) in [5.41, 5.74) is 0.346. The van der Waals surface area contributed by atoms with E-state index in [4.69, 9.17) is 5.26 Å². The molecule has 1 heterocycles. The van der Waals surface area contributed by atoms with Gasteiger partial charge in [0.2, 0.25) is 5.88 Å². The Kier molecular flexibility index (Phi) is 3.65. The molecule has 1 rings (SSSR count). The quantitative estimate of drug-likeness (QED) is 0.727. The van der Waals surface area contributed by atoms with Crippen molar-refractivity contribution in [3.63, 3.8) is 0 Å². The summed E-state index contributed by atoms with van der Waals surface area (Å²) in [5, 5.41) is 8.63. The van der Waals surface area contributed by atoms with Crippen molar-refractivity contribution in [2.24, 2.45) is 0 Å². The molecular formula is C8H6F2N2OS. The summed E-state index contributed by atoms with van der Waals surface area (Å²) >= 11 is 1.27. The number of halogens is 2. The summed E-state index contributed by atoms with van der Waals surface area (Å²) in [5.74, 6) is -0.177. The number of aromatic nitrogens is 1. The van der Waals surface area contributed by atoms with Gasteiger partial charge in [0.1, 0.15) is 6.07 Å². The molecule has 0 fully saturated rings. The average Bonchev–Trinajstić information content (AvgIpc) is 2.16. The molecule has 74 valence electrons. The maximum absolute atomic E-state index is 11.8. The lowest BCUT2D eigenvalue weighted by Crippen LogP contribution is -2.03. The average molecular weight is 216 g/mol. The fourth-order valence-corrected chi connectivity index (χ4v) is 1.36. The third kappa shape index (κ3) is 2.57. The van der Waals surface area contributed by atoms with E-state index in [1.807, 2.05) is 6.07 Å². The molecule has 0 aliphatic rings. The minimum atomic E-state index is -2.90. The van der Waals surface area contributed by atoms with Crippen LogP contribution in [0.1, 0.15) is 5.56 Å². The number of nitriles is 1. The molecule has 0 bridgehead atoms. The molecule has 1 aromatic rings. The first-order chi connectivity index (χ1) is 6.67. The summed E-state index contributed by atoms with van der Waals surface area (Å²) < 4.78 is 27.7. The first-order valence-electron chi connectivity index (χ1n) is 3.56. The van der Waals surface area contributed by atoms with Gasteiger partial charge in [0.25, 0.3) is 0 Å². The molecule has 0 unspecified atom stereocenters. The molecule has 0 saturated heterocycles. The van der Waals surface area contributed by atoms with Gasteiger partial charge in [-0.05, 0) is 6.26 Å². The van der Waals surface area contributed by atoms with Gasteiger partial charge in [0.05, 0.1) is 5.56 Å². The number of hydrogen-bond donors (Lipinski definition) is 0. The Labute approximate surface area is 83.7 Å². The highest BCUT2D eigenvalue weighted by Crippen LogP contribution is 2.23. The van der Waals surface area contributed by atoms with Gasteiger partial charge in [-0.1, -0.05) is 0 Å². The van der Waals surface area contributed by atoms with E-state index < -0.39 is 6.61 Å². The molecule has 6 heteroatoms. The van der Waals surface area contributed by atoms with E-state index in [1.165, 1.54) is 24.0 Å². The topological polar surface area (TPSA) is 45.9 Å². The second kappa shape index (κ2) is 4.77. The number of rotatable bonds is 3. The summed E-state index contributed by atoms with van der Waals surface area (Å²) in [4.78, 5) is 4.13. The van der Waals surface area contributed by atoms with Gasteiger partial charge >= 0.3 is 6.61 Å². The summed E-state index contributed by atoms with van der Waals surface area (Å²) in [6.45, 7) is -2.90. The number of ether oxygens (including phenoxy) is 1. The monoisotopic (exact) mass is 216 g/mol. The van der Waals surface area contributed by atoms with Crippen molar-refractivity contribution < 1.29 is 13.5 Å². The van der Waals surface area contributed by atoms with E-state index in [-0.39, 0.29) is 5.88 Å². The number of nitrogens with zero attached hydrogens (tertiary/aromatic N) is 2. The van der Waals surface area contributed by atoms with Crippen LogP contribution in [0.5, 0.6) is 5.88 Å². The lowest BCUT2D eigenvalue weighted by molar-refractivity contribution is -0.0530. The highest BCUT2D eigenvalue weighted by Gasteiger charge is 2.08. The number of hydrogen-bond acceptors (Lipinski definition) is 4. The number of alkyl halides is 2. The van der Waals surface area contributed by atoms with E-state index >= 15 is 0 Å². The Balaban J connectivity index is 2.97. The fourth-order valence-electron chi connectivity index (χ4n) is 0.828. The van der Waals surface area contributed by atoms with Crippen molar-refractivity contribution in [3.8, 4) is 11.9 Å². The van der Waals surface area contributed by atoms with Crippen molar-refractivity contribution in [1.29, 1.82) is 5.26 Å². The molecule has 0 radical (unpaired) electrons. The highest BCUT2D eigenvalue weighted by molar-refractivity contribution is 7.98. The van der Waals surface area contributed by atoms with Crippen molar-refractivity contribution in [2.75, 3.05) is 6.26 Å². The van der Waals surface area contributed by atoms with Gasteiger partial charge in [-0.2, -0.15) is 14.0 Å². The smallest absolute Gasteiger partial charge is 0.388 e. The minimum absolute atomic E-state index is 0.177. The number of pyridine rings is 1. The predicted octanol–water partition coefficient (Wildman–Crippen LogP) is 2.28. The van der Waals surface area contributed by atoms with Crippen molar-refractivity contribution in [1.82, 2.24) is 4.98 Å². The largest absolute Gasteiger partial charge is 0.417 e.